The summed E-state index contributed by atoms with van der Waals surface area (Å²) in [7, 11) is 0. The van der Waals surface area contributed by atoms with Gasteiger partial charge in [0.25, 0.3) is 5.91 Å². The van der Waals surface area contributed by atoms with Gasteiger partial charge in [-0.25, -0.2) is 5.06 Å². The van der Waals surface area contributed by atoms with E-state index in [1.165, 1.54) is 5.06 Å². The van der Waals surface area contributed by atoms with Crippen LogP contribution in [0, 0.1) is 0 Å². The predicted octanol–water partition coefficient (Wildman–Crippen LogP) is -1.12. The first-order chi connectivity index (χ1) is 5.79. The van der Waals surface area contributed by atoms with Crippen LogP contribution in [-0.4, -0.2) is 42.9 Å². The molecule has 0 aromatic carbocycles. The van der Waals surface area contributed by atoms with Gasteiger partial charge >= 0.3 is 0 Å². The van der Waals surface area contributed by atoms with Gasteiger partial charge in [0.15, 0.2) is 0 Å². The molecule has 0 radical (unpaired) electrons. The van der Waals surface area contributed by atoms with E-state index in [1.807, 2.05) is 0 Å². The number of ether oxygens (including phenoxy) is 1. The van der Waals surface area contributed by atoms with Crippen LogP contribution < -0.4 is 5.73 Å². The Morgan fingerprint density at radius 2 is 2.33 bits per heavy atom. The Kier molecular flexibility index (Phi) is 2.00. The molecule has 2 N–H and O–H groups in total. The Bertz CT molecular complexity index is 191. The van der Waals surface area contributed by atoms with E-state index in [2.05, 4.69) is 0 Å². The molecule has 2 saturated heterocycles. The highest BCUT2D eigenvalue weighted by Crippen LogP contribution is 2.17. The number of nitrogens with zero attached hydrogens (tertiary/aromatic N) is 1. The predicted molar refractivity (Wildman–Crippen MR) is 40.0 cm³/mol. The van der Waals surface area contributed by atoms with Crippen LogP contribution in [0.4, 0.5) is 0 Å². The maximum Gasteiger partial charge on any atom is 0.265 e. The van der Waals surface area contributed by atoms with E-state index >= 15 is 0 Å². The van der Waals surface area contributed by atoms with Crippen molar-refractivity contribution in [1.82, 2.24) is 5.06 Å². The third-order valence-corrected chi connectivity index (χ3v) is 2.16. The van der Waals surface area contributed by atoms with Gasteiger partial charge in [0.1, 0.15) is 6.04 Å². The number of carbonyl (C=O) groups excluding carboxylic acids is 1. The molecule has 2 fully saturated rings. The molecule has 2 atom stereocenters. The van der Waals surface area contributed by atoms with Crippen molar-refractivity contribution in [3.63, 3.8) is 0 Å². The molecule has 0 saturated carbocycles. The van der Waals surface area contributed by atoms with Crippen LogP contribution in [0.15, 0.2) is 0 Å². The first-order valence-electron chi connectivity index (χ1n) is 4.08. The highest BCUT2D eigenvalue weighted by molar-refractivity contribution is 5.82. The summed E-state index contributed by atoms with van der Waals surface area (Å²) in [5.41, 5.74) is 5.48. The second-order valence-corrected chi connectivity index (χ2v) is 3.08. The van der Waals surface area contributed by atoms with Gasteiger partial charge in [-0.3, -0.25) is 9.63 Å². The lowest BCUT2D eigenvalue weighted by Crippen LogP contribution is -2.40. The summed E-state index contributed by atoms with van der Waals surface area (Å²) in [6.07, 6.45) is 0.846. The normalized spacial score (nSPS) is 36.4. The summed E-state index contributed by atoms with van der Waals surface area (Å²) in [6.45, 7) is 1.57. The Balaban J connectivity index is 1.99. The van der Waals surface area contributed by atoms with Gasteiger partial charge in [0.2, 0.25) is 0 Å². The van der Waals surface area contributed by atoms with Crippen molar-refractivity contribution >= 4 is 5.91 Å². The molecular weight excluding hydrogens is 160 g/mol. The number of nitrogens with two attached hydrogens (primary N) is 1. The maximum absolute atomic E-state index is 11.3. The van der Waals surface area contributed by atoms with Crippen LogP contribution in [0.3, 0.4) is 0 Å². The van der Waals surface area contributed by atoms with E-state index in [-0.39, 0.29) is 11.9 Å². The van der Waals surface area contributed by atoms with Gasteiger partial charge in [-0.1, -0.05) is 0 Å². The van der Waals surface area contributed by atoms with Crippen LogP contribution in [0.5, 0.6) is 0 Å². The van der Waals surface area contributed by atoms with Crippen molar-refractivity contribution in [2.45, 2.75) is 18.5 Å². The Morgan fingerprint density at radius 1 is 1.50 bits per heavy atom. The summed E-state index contributed by atoms with van der Waals surface area (Å²) in [5.74, 6) is -0.120. The molecule has 0 bridgehead atoms. The zero-order valence-electron chi connectivity index (χ0n) is 6.73. The van der Waals surface area contributed by atoms with E-state index in [1.54, 1.807) is 0 Å². The van der Waals surface area contributed by atoms with Crippen molar-refractivity contribution in [3.05, 3.63) is 0 Å². The quantitative estimate of drug-likeness (QED) is 0.544. The molecule has 5 heteroatoms. The van der Waals surface area contributed by atoms with Gasteiger partial charge in [-0.15, -0.1) is 0 Å². The van der Waals surface area contributed by atoms with Crippen LogP contribution in [0.2, 0.25) is 0 Å². The molecule has 68 valence electrons. The minimum atomic E-state index is -0.481. The third-order valence-electron chi connectivity index (χ3n) is 2.16. The Labute approximate surface area is 70.4 Å². The second-order valence-electron chi connectivity index (χ2n) is 3.08. The molecular formula is C7H12N2O3. The SMILES string of the molecule is NC1CON([C@@H]2CCOC2)C1=O. The van der Waals surface area contributed by atoms with E-state index in [0.29, 0.717) is 19.8 Å². The average Bonchev–Trinajstić information content (AvgIpc) is 2.64. The van der Waals surface area contributed by atoms with Crippen LogP contribution >= 0.6 is 0 Å². The smallest absolute Gasteiger partial charge is 0.265 e. The summed E-state index contributed by atoms with van der Waals surface area (Å²) >= 11 is 0. The molecule has 12 heavy (non-hydrogen) atoms. The third kappa shape index (κ3) is 1.20. The van der Waals surface area contributed by atoms with Gasteiger partial charge < -0.3 is 10.5 Å². The van der Waals surface area contributed by atoms with Gasteiger partial charge in [0, 0.05) is 6.61 Å². The van der Waals surface area contributed by atoms with Crippen molar-refractivity contribution < 1.29 is 14.4 Å². The number of carbonyl (C=O) groups is 1. The zero-order chi connectivity index (χ0) is 8.55. The first kappa shape index (κ1) is 7.97. The molecule has 2 heterocycles. The lowest BCUT2D eigenvalue weighted by molar-refractivity contribution is -0.173. The van der Waals surface area contributed by atoms with Crippen molar-refractivity contribution in [3.8, 4) is 0 Å². The monoisotopic (exact) mass is 172 g/mol. The van der Waals surface area contributed by atoms with E-state index in [4.69, 9.17) is 15.3 Å². The van der Waals surface area contributed by atoms with Crippen molar-refractivity contribution in [2.24, 2.45) is 5.73 Å². The lowest BCUT2D eigenvalue weighted by atomic mass is 10.2. The summed E-state index contributed by atoms with van der Waals surface area (Å²) in [4.78, 5) is 16.5. The van der Waals surface area contributed by atoms with Gasteiger partial charge in [-0.05, 0) is 6.42 Å². The summed E-state index contributed by atoms with van der Waals surface area (Å²) in [6, 6.07) is -0.406. The minimum Gasteiger partial charge on any atom is -0.379 e. The number of rotatable bonds is 1. The van der Waals surface area contributed by atoms with E-state index in [0.717, 1.165) is 6.42 Å². The minimum absolute atomic E-state index is 0.0750. The first-order valence-corrected chi connectivity index (χ1v) is 4.08. The zero-order valence-corrected chi connectivity index (χ0v) is 6.73. The van der Waals surface area contributed by atoms with Crippen LogP contribution in [0.25, 0.3) is 0 Å². The standard InChI is InChI=1S/C7H12N2O3/c8-6-4-12-9(7(6)10)5-1-2-11-3-5/h5-6H,1-4,8H2/t5-,6?/m1/s1. The second kappa shape index (κ2) is 3.01. The van der Waals surface area contributed by atoms with Crippen LogP contribution in [-0.2, 0) is 14.4 Å². The van der Waals surface area contributed by atoms with Crippen molar-refractivity contribution in [2.75, 3.05) is 19.8 Å². The fourth-order valence-electron chi connectivity index (χ4n) is 1.45. The number of amides is 1. The average molecular weight is 172 g/mol. The number of hydrogen-bond acceptors (Lipinski definition) is 4. The molecule has 2 aliphatic rings. The molecule has 2 aliphatic heterocycles. The summed E-state index contributed by atoms with van der Waals surface area (Å²) < 4.78 is 5.14. The Hall–Kier alpha value is -0.650. The molecule has 5 nitrogen and oxygen atoms in total. The molecule has 0 aromatic heterocycles. The van der Waals surface area contributed by atoms with Gasteiger partial charge in [0.05, 0.1) is 19.3 Å². The lowest BCUT2D eigenvalue weighted by Gasteiger charge is -2.19. The summed E-state index contributed by atoms with van der Waals surface area (Å²) in [5, 5.41) is 1.37. The fraction of sp³-hybridized carbons (Fsp3) is 0.857. The molecule has 1 unspecified atom stereocenters. The fourth-order valence-corrected chi connectivity index (χ4v) is 1.45. The van der Waals surface area contributed by atoms with Crippen LogP contribution in [0.1, 0.15) is 6.42 Å². The highest BCUT2D eigenvalue weighted by atomic mass is 16.7. The molecule has 0 aromatic rings. The number of hydroxylamine groups is 2. The molecule has 0 aliphatic carbocycles. The molecule has 0 spiro atoms. The molecule has 2 rings (SSSR count). The Morgan fingerprint density at radius 3 is 2.83 bits per heavy atom. The number of hydrogen-bond donors (Lipinski definition) is 1. The highest BCUT2D eigenvalue weighted by Gasteiger charge is 2.36. The maximum atomic E-state index is 11.3. The topological polar surface area (TPSA) is 64.8 Å². The van der Waals surface area contributed by atoms with Crippen molar-refractivity contribution in [1.29, 1.82) is 0 Å². The molecule has 1 amide bonds. The van der Waals surface area contributed by atoms with Gasteiger partial charge in [-0.2, -0.15) is 0 Å². The van der Waals surface area contributed by atoms with E-state index in [9.17, 15) is 4.79 Å². The largest absolute Gasteiger partial charge is 0.379 e. The van der Waals surface area contributed by atoms with E-state index < -0.39 is 6.04 Å².